The summed E-state index contributed by atoms with van der Waals surface area (Å²) in [6.45, 7) is 5.26. The summed E-state index contributed by atoms with van der Waals surface area (Å²) in [6, 6.07) is 16.0. The fourth-order valence-corrected chi connectivity index (χ4v) is 2.91. The van der Waals surface area contributed by atoms with Crippen LogP contribution in [0.3, 0.4) is 0 Å². The lowest BCUT2D eigenvalue weighted by Gasteiger charge is -2.14. The van der Waals surface area contributed by atoms with Crippen LogP contribution >= 0.6 is 0 Å². The predicted molar refractivity (Wildman–Crippen MR) is 98.7 cm³/mol. The predicted octanol–water partition coefficient (Wildman–Crippen LogP) is 3.48. The van der Waals surface area contributed by atoms with E-state index in [1.54, 1.807) is 0 Å². The minimum atomic E-state index is -0.159. The molecule has 1 N–H and O–H groups in total. The van der Waals surface area contributed by atoms with Crippen LogP contribution in [0.5, 0.6) is 5.75 Å². The minimum Gasteiger partial charge on any atom is -0.492 e. The van der Waals surface area contributed by atoms with Crippen LogP contribution in [0.15, 0.2) is 48.5 Å². The molecule has 0 unspecified atom stereocenters. The first-order chi connectivity index (χ1) is 12.2. The molecule has 1 amide bonds. The molecule has 0 saturated heterocycles. The van der Waals surface area contributed by atoms with E-state index in [2.05, 4.69) is 33.9 Å². The molecule has 3 rings (SSSR count). The Labute approximate surface area is 147 Å². The van der Waals surface area contributed by atoms with E-state index >= 15 is 0 Å². The minimum absolute atomic E-state index is 0.159. The molecule has 25 heavy (non-hydrogen) atoms. The van der Waals surface area contributed by atoms with Gasteiger partial charge in [0.2, 0.25) is 6.41 Å². The molecule has 0 saturated carbocycles. The molecule has 5 heteroatoms. The molecule has 0 aliphatic carbocycles. The van der Waals surface area contributed by atoms with E-state index in [1.807, 2.05) is 43.3 Å². The maximum Gasteiger partial charge on any atom is 0.207 e. The number of fused-ring (bicyclic) bond motifs is 1. The number of para-hydroxylation sites is 2. The lowest BCUT2D eigenvalue weighted by Crippen LogP contribution is -2.21. The van der Waals surface area contributed by atoms with Crippen molar-refractivity contribution >= 4 is 17.4 Å². The molecule has 0 aliphatic rings. The van der Waals surface area contributed by atoms with Gasteiger partial charge < -0.3 is 14.6 Å². The highest BCUT2D eigenvalue weighted by atomic mass is 16.5. The van der Waals surface area contributed by atoms with Crippen LogP contribution in [0.4, 0.5) is 0 Å². The number of carbonyl (C=O) groups is 1. The smallest absolute Gasteiger partial charge is 0.207 e. The molecule has 130 valence electrons. The van der Waals surface area contributed by atoms with E-state index in [-0.39, 0.29) is 6.04 Å². The molecular weight excluding hydrogens is 314 g/mol. The topological polar surface area (TPSA) is 56.1 Å². The molecule has 1 heterocycles. The molecule has 1 aromatic heterocycles. The number of imidazole rings is 1. The van der Waals surface area contributed by atoms with Crippen LogP contribution in [-0.4, -0.2) is 22.6 Å². The van der Waals surface area contributed by atoms with Crippen LogP contribution in [-0.2, 0) is 17.8 Å². The van der Waals surface area contributed by atoms with E-state index < -0.39 is 0 Å². The zero-order chi connectivity index (χ0) is 17.6. The first-order valence-corrected chi connectivity index (χ1v) is 8.59. The Morgan fingerprint density at radius 1 is 1.20 bits per heavy atom. The van der Waals surface area contributed by atoms with Crippen molar-refractivity contribution in [3.63, 3.8) is 0 Å². The summed E-state index contributed by atoms with van der Waals surface area (Å²) in [5, 5.41) is 2.78. The maximum atomic E-state index is 10.8. The normalized spacial score (nSPS) is 12.1. The van der Waals surface area contributed by atoms with E-state index in [4.69, 9.17) is 4.74 Å². The second kappa shape index (κ2) is 7.83. The van der Waals surface area contributed by atoms with E-state index in [9.17, 15) is 4.79 Å². The van der Waals surface area contributed by atoms with Gasteiger partial charge in [-0.3, -0.25) is 4.79 Å². The molecule has 0 spiro atoms. The second-order valence-corrected chi connectivity index (χ2v) is 5.96. The molecule has 0 fully saturated rings. The number of nitrogens with zero attached hydrogens (tertiary/aromatic N) is 2. The number of aryl methyl sites for hydroxylation is 1. The van der Waals surface area contributed by atoms with Crippen molar-refractivity contribution in [2.24, 2.45) is 0 Å². The summed E-state index contributed by atoms with van der Waals surface area (Å²) in [5.41, 5.74) is 3.26. The highest BCUT2D eigenvalue weighted by molar-refractivity contribution is 5.76. The van der Waals surface area contributed by atoms with E-state index in [0.29, 0.717) is 19.6 Å². The first kappa shape index (κ1) is 17.0. The van der Waals surface area contributed by atoms with Gasteiger partial charge in [0, 0.05) is 0 Å². The maximum absolute atomic E-state index is 10.8. The largest absolute Gasteiger partial charge is 0.492 e. The Hall–Kier alpha value is -2.82. The summed E-state index contributed by atoms with van der Waals surface area (Å²) >= 11 is 0. The number of aromatic nitrogens is 2. The lowest BCUT2D eigenvalue weighted by molar-refractivity contribution is -0.110. The number of amides is 1. The summed E-state index contributed by atoms with van der Waals surface area (Å²) < 4.78 is 7.99. The average molecular weight is 337 g/mol. The van der Waals surface area contributed by atoms with Gasteiger partial charge in [-0.15, -0.1) is 0 Å². The molecule has 0 bridgehead atoms. The van der Waals surface area contributed by atoms with Crippen LogP contribution in [0, 0.1) is 0 Å². The van der Waals surface area contributed by atoms with Crippen molar-refractivity contribution in [3.05, 3.63) is 59.9 Å². The van der Waals surface area contributed by atoms with Gasteiger partial charge in [0.1, 0.15) is 18.2 Å². The fourth-order valence-electron chi connectivity index (χ4n) is 2.91. The molecular formula is C20H23N3O2. The first-order valence-electron chi connectivity index (χ1n) is 8.59. The molecule has 5 nitrogen and oxygen atoms in total. The molecule has 0 radical (unpaired) electrons. The quantitative estimate of drug-likeness (QED) is 0.640. The van der Waals surface area contributed by atoms with Crippen molar-refractivity contribution in [1.29, 1.82) is 0 Å². The van der Waals surface area contributed by atoms with Crippen LogP contribution < -0.4 is 10.1 Å². The van der Waals surface area contributed by atoms with Crippen LogP contribution in [0.1, 0.15) is 31.3 Å². The van der Waals surface area contributed by atoms with Crippen LogP contribution in [0.25, 0.3) is 11.0 Å². The molecule has 0 aliphatic heterocycles. The number of hydrogen-bond donors (Lipinski definition) is 1. The SMILES string of the molecule is CCc1ccc(OCCn2c([C@@H](C)NC=O)nc3ccccc32)cc1. The van der Waals surface area contributed by atoms with Gasteiger partial charge in [-0.05, 0) is 43.2 Å². The zero-order valence-corrected chi connectivity index (χ0v) is 14.6. The van der Waals surface area contributed by atoms with Crippen molar-refractivity contribution in [1.82, 2.24) is 14.9 Å². The van der Waals surface area contributed by atoms with Crippen LogP contribution in [0.2, 0.25) is 0 Å². The highest BCUT2D eigenvalue weighted by Crippen LogP contribution is 2.21. The van der Waals surface area contributed by atoms with Gasteiger partial charge in [-0.25, -0.2) is 4.98 Å². The summed E-state index contributed by atoms with van der Waals surface area (Å²) in [5.74, 6) is 1.69. The molecule has 3 aromatic rings. The number of carbonyl (C=O) groups excluding carboxylic acids is 1. The lowest BCUT2D eigenvalue weighted by atomic mass is 10.2. The standard InChI is InChI=1S/C20H23N3O2/c1-3-16-8-10-17(11-9-16)25-13-12-23-19-7-5-4-6-18(19)22-20(23)15(2)21-14-24/h4-11,14-15H,3,12-13H2,1-2H3,(H,21,24)/t15-/m1/s1. The zero-order valence-electron chi connectivity index (χ0n) is 14.6. The summed E-state index contributed by atoms with van der Waals surface area (Å²) in [4.78, 5) is 15.5. The van der Waals surface area contributed by atoms with Crippen molar-refractivity contribution in [2.75, 3.05) is 6.61 Å². The van der Waals surface area contributed by atoms with Crippen molar-refractivity contribution in [2.45, 2.75) is 32.9 Å². The Bertz CT molecular complexity index is 840. The van der Waals surface area contributed by atoms with E-state index in [1.165, 1.54) is 5.56 Å². The average Bonchev–Trinajstić information content (AvgIpc) is 3.01. The van der Waals surface area contributed by atoms with Gasteiger partial charge in [0.25, 0.3) is 0 Å². The number of nitrogens with one attached hydrogen (secondary N) is 1. The summed E-state index contributed by atoms with van der Waals surface area (Å²) in [7, 11) is 0. The third kappa shape index (κ3) is 3.82. The second-order valence-electron chi connectivity index (χ2n) is 5.96. The van der Waals surface area contributed by atoms with Gasteiger partial charge >= 0.3 is 0 Å². The number of rotatable bonds is 8. The third-order valence-corrected chi connectivity index (χ3v) is 4.30. The van der Waals surface area contributed by atoms with Gasteiger partial charge in [-0.2, -0.15) is 0 Å². The van der Waals surface area contributed by atoms with Crippen molar-refractivity contribution in [3.8, 4) is 5.75 Å². The number of ether oxygens (including phenoxy) is 1. The monoisotopic (exact) mass is 337 g/mol. The van der Waals surface area contributed by atoms with Crippen molar-refractivity contribution < 1.29 is 9.53 Å². The van der Waals surface area contributed by atoms with Gasteiger partial charge in [0.05, 0.1) is 23.6 Å². The number of hydrogen-bond acceptors (Lipinski definition) is 3. The molecule has 1 atom stereocenters. The third-order valence-electron chi connectivity index (χ3n) is 4.30. The Morgan fingerprint density at radius 3 is 2.68 bits per heavy atom. The summed E-state index contributed by atoms with van der Waals surface area (Å²) in [6.07, 6.45) is 1.73. The Morgan fingerprint density at radius 2 is 1.96 bits per heavy atom. The van der Waals surface area contributed by atoms with Gasteiger partial charge in [0.15, 0.2) is 0 Å². The number of benzene rings is 2. The van der Waals surface area contributed by atoms with E-state index in [0.717, 1.165) is 29.0 Å². The fraction of sp³-hybridized carbons (Fsp3) is 0.300. The molecule has 2 aromatic carbocycles. The van der Waals surface area contributed by atoms with Gasteiger partial charge in [-0.1, -0.05) is 31.2 Å². The Kier molecular flexibility index (Phi) is 5.33. The highest BCUT2D eigenvalue weighted by Gasteiger charge is 2.15. The Balaban J connectivity index is 1.76.